The Balaban J connectivity index is 1.65. The molecule has 1 N–H and O–H groups in total. The van der Waals surface area contributed by atoms with Crippen molar-refractivity contribution in [2.45, 2.75) is 26.8 Å². The van der Waals surface area contributed by atoms with Gasteiger partial charge in [-0.1, -0.05) is 64.0 Å². The molecule has 4 rings (SSSR count). The fraction of sp³-hybridized carbons (Fsp3) is 0.185. The molecular weight excluding hydrogens is 462 g/mol. The Labute approximate surface area is 197 Å². The van der Waals surface area contributed by atoms with E-state index in [-0.39, 0.29) is 5.91 Å². The third kappa shape index (κ3) is 5.17. The van der Waals surface area contributed by atoms with Crippen LogP contribution in [0.4, 0.5) is 0 Å². The summed E-state index contributed by atoms with van der Waals surface area (Å²) in [6, 6.07) is 22.4. The summed E-state index contributed by atoms with van der Waals surface area (Å²) in [6.45, 7) is 5.30. The second kappa shape index (κ2) is 9.96. The largest absolute Gasteiger partial charge is 0.350 e. The summed E-state index contributed by atoms with van der Waals surface area (Å²) in [5.41, 5.74) is 7.11. The van der Waals surface area contributed by atoms with Gasteiger partial charge in [-0.2, -0.15) is 0 Å². The van der Waals surface area contributed by atoms with Gasteiger partial charge in [-0.05, 0) is 54.8 Å². The van der Waals surface area contributed by atoms with E-state index in [0.29, 0.717) is 25.2 Å². The first kappa shape index (κ1) is 22.0. The van der Waals surface area contributed by atoms with Gasteiger partial charge in [0, 0.05) is 47.6 Å². The van der Waals surface area contributed by atoms with E-state index in [1.54, 1.807) is 6.20 Å². The highest BCUT2D eigenvalue weighted by Gasteiger charge is 2.21. The minimum Gasteiger partial charge on any atom is -0.350 e. The number of hydrogen-bond acceptors (Lipinski definition) is 2. The van der Waals surface area contributed by atoms with E-state index in [1.165, 1.54) is 5.56 Å². The van der Waals surface area contributed by atoms with Gasteiger partial charge in [0.15, 0.2) is 0 Å². The normalized spacial score (nSPS) is 10.8. The van der Waals surface area contributed by atoms with Gasteiger partial charge in [0.1, 0.15) is 5.69 Å². The van der Waals surface area contributed by atoms with Crippen molar-refractivity contribution in [1.29, 1.82) is 0 Å². The van der Waals surface area contributed by atoms with Gasteiger partial charge in [-0.15, -0.1) is 0 Å². The quantitative estimate of drug-likeness (QED) is 0.350. The van der Waals surface area contributed by atoms with Crippen LogP contribution in [0, 0.1) is 13.8 Å². The molecule has 1 amide bonds. The fourth-order valence-corrected chi connectivity index (χ4v) is 4.13. The Morgan fingerprint density at radius 3 is 2.44 bits per heavy atom. The molecule has 0 atom stereocenters. The fourth-order valence-electron chi connectivity index (χ4n) is 3.87. The number of benzene rings is 2. The first-order valence-corrected chi connectivity index (χ1v) is 11.5. The predicted octanol–water partition coefficient (Wildman–Crippen LogP) is 5.95. The van der Waals surface area contributed by atoms with Crippen LogP contribution in [0.1, 0.15) is 32.9 Å². The van der Waals surface area contributed by atoms with Crippen LogP contribution >= 0.6 is 15.9 Å². The lowest BCUT2D eigenvalue weighted by Gasteiger charge is -2.13. The van der Waals surface area contributed by atoms with Crippen LogP contribution in [-0.4, -0.2) is 22.0 Å². The van der Waals surface area contributed by atoms with Crippen LogP contribution in [0.15, 0.2) is 83.6 Å². The molecule has 0 fully saturated rings. The van der Waals surface area contributed by atoms with Crippen molar-refractivity contribution in [1.82, 2.24) is 14.9 Å². The smallest absolute Gasteiger partial charge is 0.268 e. The van der Waals surface area contributed by atoms with E-state index in [4.69, 9.17) is 0 Å². The van der Waals surface area contributed by atoms with E-state index >= 15 is 0 Å². The topological polar surface area (TPSA) is 46.9 Å². The van der Waals surface area contributed by atoms with Crippen LogP contribution in [0.3, 0.4) is 0 Å². The lowest BCUT2D eigenvalue weighted by Crippen LogP contribution is -2.28. The predicted molar refractivity (Wildman–Crippen MR) is 133 cm³/mol. The van der Waals surface area contributed by atoms with E-state index in [9.17, 15) is 4.79 Å². The summed E-state index contributed by atoms with van der Waals surface area (Å²) in [5, 5.41) is 3.11. The van der Waals surface area contributed by atoms with E-state index in [1.807, 2.05) is 30.3 Å². The number of rotatable bonds is 7. The number of halogens is 1. The van der Waals surface area contributed by atoms with Gasteiger partial charge >= 0.3 is 0 Å². The maximum Gasteiger partial charge on any atom is 0.268 e. The Hall–Kier alpha value is -3.18. The molecule has 0 saturated carbocycles. The van der Waals surface area contributed by atoms with Crippen molar-refractivity contribution in [3.05, 3.63) is 112 Å². The van der Waals surface area contributed by atoms with Crippen LogP contribution in [-0.2, 0) is 13.0 Å². The molecule has 2 heterocycles. The highest BCUT2D eigenvalue weighted by atomic mass is 79.9. The maximum absolute atomic E-state index is 13.4. The van der Waals surface area contributed by atoms with E-state index in [2.05, 4.69) is 87.2 Å². The van der Waals surface area contributed by atoms with Crippen LogP contribution < -0.4 is 5.32 Å². The second-order valence-electron chi connectivity index (χ2n) is 7.98. The first-order chi connectivity index (χ1) is 15.5. The molecule has 0 radical (unpaired) electrons. The van der Waals surface area contributed by atoms with E-state index in [0.717, 1.165) is 32.4 Å². The molecule has 4 aromatic rings. The summed E-state index contributed by atoms with van der Waals surface area (Å²) in [7, 11) is 0. The number of carbonyl (C=O) groups excluding carboxylic acids is 1. The molecule has 0 spiro atoms. The molecule has 0 saturated heterocycles. The molecule has 0 aliphatic heterocycles. The number of nitrogens with one attached hydrogen (secondary N) is 1. The third-order valence-corrected chi connectivity index (χ3v) is 6.01. The molecule has 0 aliphatic rings. The second-order valence-corrected chi connectivity index (χ2v) is 8.90. The average Bonchev–Trinajstić information content (AvgIpc) is 3.12. The van der Waals surface area contributed by atoms with Gasteiger partial charge in [-0.3, -0.25) is 9.78 Å². The zero-order valence-electron chi connectivity index (χ0n) is 18.3. The summed E-state index contributed by atoms with van der Waals surface area (Å²) >= 11 is 3.49. The Kier molecular flexibility index (Phi) is 6.86. The van der Waals surface area contributed by atoms with Crippen molar-refractivity contribution in [2.75, 3.05) is 6.54 Å². The molecule has 2 aromatic carbocycles. The molecule has 32 heavy (non-hydrogen) atoms. The minimum atomic E-state index is -0.0679. The van der Waals surface area contributed by atoms with Crippen molar-refractivity contribution in [3.8, 4) is 11.1 Å². The Bertz CT molecular complexity index is 1200. The highest BCUT2D eigenvalue weighted by molar-refractivity contribution is 9.10. The third-order valence-electron chi connectivity index (χ3n) is 5.48. The molecular formula is C27H26BrN3O. The lowest BCUT2D eigenvalue weighted by atomic mass is 10.0. The van der Waals surface area contributed by atoms with Gasteiger partial charge in [0.05, 0.1) is 0 Å². The Morgan fingerprint density at radius 2 is 1.75 bits per heavy atom. The van der Waals surface area contributed by atoms with Crippen molar-refractivity contribution in [2.24, 2.45) is 0 Å². The summed E-state index contributed by atoms with van der Waals surface area (Å²) in [4.78, 5) is 17.8. The van der Waals surface area contributed by atoms with Crippen LogP contribution in [0.25, 0.3) is 11.1 Å². The summed E-state index contributed by atoms with van der Waals surface area (Å²) in [5.74, 6) is -0.0679. The standard InChI is InChI=1S/C27H26BrN3O/c1-19-6-10-22(11-7-19)25-20(2)17-31(18-21-8-12-23(28)13-9-21)26(25)27(32)30-16-14-24-5-3-4-15-29-24/h3-13,15,17H,14,16,18H2,1-2H3,(H,30,32). The molecule has 162 valence electrons. The number of aryl methyl sites for hydroxylation is 2. The number of hydrogen-bond donors (Lipinski definition) is 1. The summed E-state index contributed by atoms with van der Waals surface area (Å²) in [6.07, 6.45) is 4.54. The molecule has 0 aliphatic carbocycles. The monoisotopic (exact) mass is 487 g/mol. The van der Waals surface area contributed by atoms with Crippen molar-refractivity contribution >= 4 is 21.8 Å². The average molecular weight is 488 g/mol. The van der Waals surface area contributed by atoms with Crippen LogP contribution in [0.5, 0.6) is 0 Å². The van der Waals surface area contributed by atoms with Gasteiger partial charge in [0.25, 0.3) is 5.91 Å². The summed E-state index contributed by atoms with van der Waals surface area (Å²) < 4.78 is 3.10. The lowest BCUT2D eigenvalue weighted by molar-refractivity contribution is 0.0946. The maximum atomic E-state index is 13.4. The SMILES string of the molecule is Cc1ccc(-c2c(C)cn(Cc3ccc(Br)cc3)c2C(=O)NCCc2ccccn2)cc1. The van der Waals surface area contributed by atoms with Crippen molar-refractivity contribution in [3.63, 3.8) is 0 Å². The van der Waals surface area contributed by atoms with Gasteiger partial charge in [-0.25, -0.2) is 0 Å². The first-order valence-electron chi connectivity index (χ1n) is 10.7. The Morgan fingerprint density at radius 1 is 1.00 bits per heavy atom. The van der Waals surface area contributed by atoms with Crippen molar-refractivity contribution < 1.29 is 4.79 Å². The molecule has 0 unspecified atom stereocenters. The van der Waals surface area contributed by atoms with Gasteiger partial charge < -0.3 is 9.88 Å². The number of carbonyl (C=O) groups is 1. The molecule has 4 nitrogen and oxygen atoms in total. The van der Waals surface area contributed by atoms with E-state index < -0.39 is 0 Å². The zero-order chi connectivity index (χ0) is 22.5. The highest BCUT2D eigenvalue weighted by Crippen LogP contribution is 2.30. The van der Waals surface area contributed by atoms with Crippen LogP contribution in [0.2, 0.25) is 0 Å². The minimum absolute atomic E-state index is 0.0679. The molecule has 5 heteroatoms. The number of nitrogens with zero attached hydrogens (tertiary/aromatic N) is 2. The number of amides is 1. The molecule has 0 bridgehead atoms. The molecule has 2 aromatic heterocycles. The number of pyridine rings is 1. The zero-order valence-corrected chi connectivity index (χ0v) is 19.9. The number of aromatic nitrogens is 2. The van der Waals surface area contributed by atoms with Gasteiger partial charge in [0.2, 0.25) is 0 Å².